The molecular weight excluding hydrogens is 244 g/mol. The minimum absolute atomic E-state index is 0.0266. The number of carbonyl (C=O) groups excluding carboxylic acids is 1. The molecule has 4 atom stereocenters. The molecule has 2 aliphatic rings. The Hall–Kier alpha value is -0.650. The summed E-state index contributed by atoms with van der Waals surface area (Å²) in [6, 6.07) is 0.366. The van der Waals surface area contributed by atoms with Gasteiger partial charge < -0.3 is 15.2 Å². The van der Waals surface area contributed by atoms with E-state index in [-0.39, 0.29) is 29.4 Å². The van der Waals surface area contributed by atoms with Gasteiger partial charge in [-0.25, -0.2) is 0 Å². The SMILES string of the molecule is COC(=O)C1CN(C(C)C(C)N)CC(C)C12COC2. The van der Waals surface area contributed by atoms with Crippen LogP contribution in [0.25, 0.3) is 0 Å². The average molecular weight is 270 g/mol. The van der Waals surface area contributed by atoms with Crippen molar-refractivity contribution in [2.24, 2.45) is 23.0 Å². The van der Waals surface area contributed by atoms with Gasteiger partial charge in [0.15, 0.2) is 0 Å². The van der Waals surface area contributed by atoms with Crippen LogP contribution in [-0.4, -0.2) is 56.4 Å². The lowest BCUT2D eigenvalue weighted by Gasteiger charge is -2.56. The third-order valence-electron chi connectivity index (χ3n) is 5.17. The summed E-state index contributed by atoms with van der Waals surface area (Å²) in [6.07, 6.45) is 0. The molecule has 2 fully saturated rings. The van der Waals surface area contributed by atoms with Crippen molar-refractivity contribution in [2.75, 3.05) is 33.4 Å². The molecular formula is C14H26N2O3. The number of likely N-dealkylation sites (tertiary alicyclic amines) is 1. The first-order chi connectivity index (χ1) is 8.92. The van der Waals surface area contributed by atoms with Gasteiger partial charge in [0.25, 0.3) is 0 Å². The number of nitrogens with zero attached hydrogens (tertiary/aromatic N) is 1. The summed E-state index contributed by atoms with van der Waals surface area (Å²) in [6.45, 7) is 9.39. The Bertz CT molecular complexity index is 342. The first-order valence-corrected chi connectivity index (χ1v) is 7.07. The summed E-state index contributed by atoms with van der Waals surface area (Å²) in [5.41, 5.74) is 5.97. The van der Waals surface area contributed by atoms with Gasteiger partial charge >= 0.3 is 5.97 Å². The number of methoxy groups -OCH3 is 1. The van der Waals surface area contributed by atoms with Gasteiger partial charge in [-0.1, -0.05) is 6.92 Å². The zero-order valence-corrected chi connectivity index (χ0v) is 12.4. The van der Waals surface area contributed by atoms with Crippen molar-refractivity contribution in [3.8, 4) is 0 Å². The molecule has 0 amide bonds. The molecule has 2 N–H and O–H groups in total. The topological polar surface area (TPSA) is 64.8 Å². The molecule has 0 saturated carbocycles. The number of esters is 1. The molecule has 2 heterocycles. The minimum Gasteiger partial charge on any atom is -0.469 e. The molecule has 1 spiro atoms. The lowest BCUT2D eigenvalue weighted by atomic mass is 9.62. The molecule has 0 aromatic rings. The Kier molecular flexibility index (Phi) is 4.18. The van der Waals surface area contributed by atoms with Gasteiger partial charge in [0.1, 0.15) is 0 Å². The van der Waals surface area contributed by atoms with E-state index in [9.17, 15) is 4.79 Å². The lowest BCUT2D eigenvalue weighted by molar-refractivity contribution is -0.214. The standard InChI is InChI=1S/C14H26N2O3/c1-9-5-16(11(3)10(2)15)6-12(13(17)18-4)14(9)7-19-8-14/h9-12H,5-8,15H2,1-4H3. The average Bonchev–Trinajstić information content (AvgIpc) is 2.33. The molecule has 5 nitrogen and oxygen atoms in total. The van der Waals surface area contributed by atoms with Crippen molar-refractivity contribution in [3.05, 3.63) is 0 Å². The molecule has 2 rings (SSSR count). The van der Waals surface area contributed by atoms with E-state index in [0.717, 1.165) is 13.1 Å². The zero-order chi connectivity index (χ0) is 14.2. The highest BCUT2D eigenvalue weighted by atomic mass is 16.5. The quantitative estimate of drug-likeness (QED) is 0.756. The maximum atomic E-state index is 12.1. The van der Waals surface area contributed by atoms with Gasteiger partial charge in [0.05, 0.1) is 26.2 Å². The monoisotopic (exact) mass is 270 g/mol. The maximum absolute atomic E-state index is 12.1. The molecule has 2 aliphatic heterocycles. The number of nitrogens with two attached hydrogens (primary N) is 1. The zero-order valence-electron chi connectivity index (χ0n) is 12.4. The number of ether oxygens (including phenoxy) is 2. The number of piperidine rings is 1. The van der Waals surface area contributed by atoms with Crippen LogP contribution in [0.4, 0.5) is 0 Å². The maximum Gasteiger partial charge on any atom is 0.310 e. The van der Waals surface area contributed by atoms with Crippen molar-refractivity contribution < 1.29 is 14.3 Å². The fourth-order valence-corrected chi connectivity index (χ4v) is 3.31. The van der Waals surface area contributed by atoms with E-state index in [0.29, 0.717) is 19.1 Å². The lowest BCUT2D eigenvalue weighted by Crippen LogP contribution is -2.65. The van der Waals surface area contributed by atoms with Crippen molar-refractivity contribution in [1.29, 1.82) is 0 Å². The second kappa shape index (κ2) is 5.38. The van der Waals surface area contributed by atoms with Crippen LogP contribution in [0.2, 0.25) is 0 Å². The van der Waals surface area contributed by atoms with Crippen molar-refractivity contribution in [1.82, 2.24) is 4.90 Å². The van der Waals surface area contributed by atoms with Crippen LogP contribution in [0.5, 0.6) is 0 Å². The van der Waals surface area contributed by atoms with Crippen molar-refractivity contribution >= 4 is 5.97 Å². The fourth-order valence-electron chi connectivity index (χ4n) is 3.31. The normalized spacial score (nSPS) is 33.5. The molecule has 4 unspecified atom stereocenters. The molecule has 0 radical (unpaired) electrons. The summed E-state index contributed by atoms with van der Waals surface area (Å²) in [7, 11) is 1.47. The van der Waals surface area contributed by atoms with Gasteiger partial charge in [-0.3, -0.25) is 9.69 Å². The molecule has 0 aromatic heterocycles. The van der Waals surface area contributed by atoms with Crippen molar-refractivity contribution in [2.45, 2.75) is 32.9 Å². The Morgan fingerprint density at radius 1 is 1.42 bits per heavy atom. The summed E-state index contributed by atoms with van der Waals surface area (Å²) in [5, 5.41) is 0. The van der Waals surface area contributed by atoms with Gasteiger partial charge in [0.2, 0.25) is 0 Å². The molecule has 0 aromatic carbocycles. The Morgan fingerprint density at radius 3 is 2.47 bits per heavy atom. The number of hydrogen-bond acceptors (Lipinski definition) is 5. The second-order valence-corrected chi connectivity index (χ2v) is 6.26. The molecule has 2 saturated heterocycles. The van der Waals surface area contributed by atoms with E-state index in [1.807, 2.05) is 6.92 Å². The predicted octanol–water partition coefficient (Wildman–Crippen LogP) is 0.480. The largest absolute Gasteiger partial charge is 0.469 e. The molecule has 0 bridgehead atoms. The summed E-state index contributed by atoms with van der Waals surface area (Å²) >= 11 is 0. The van der Waals surface area contributed by atoms with Gasteiger partial charge in [0, 0.05) is 30.6 Å². The molecule has 5 heteroatoms. The number of carbonyl (C=O) groups is 1. The first-order valence-electron chi connectivity index (χ1n) is 7.07. The predicted molar refractivity (Wildman–Crippen MR) is 72.6 cm³/mol. The highest BCUT2D eigenvalue weighted by molar-refractivity contribution is 5.74. The highest BCUT2D eigenvalue weighted by Gasteiger charge is 2.56. The van der Waals surface area contributed by atoms with Crippen LogP contribution in [0, 0.1) is 17.3 Å². The van der Waals surface area contributed by atoms with E-state index in [1.54, 1.807) is 0 Å². The molecule has 0 aliphatic carbocycles. The second-order valence-electron chi connectivity index (χ2n) is 6.26. The first kappa shape index (κ1) is 14.8. The molecule has 110 valence electrons. The summed E-state index contributed by atoms with van der Waals surface area (Å²) in [4.78, 5) is 14.4. The Balaban J connectivity index is 2.18. The number of hydrogen-bond donors (Lipinski definition) is 1. The van der Waals surface area contributed by atoms with Crippen molar-refractivity contribution in [3.63, 3.8) is 0 Å². The number of rotatable bonds is 3. The van der Waals surface area contributed by atoms with Crippen LogP contribution in [0.15, 0.2) is 0 Å². The summed E-state index contributed by atoms with van der Waals surface area (Å²) < 4.78 is 10.4. The van der Waals surface area contributed by atoms with E-state index in [4.69, 9.17) is 15.2 Å². The van der Waals surface area contributed by atoms with E-state index in [2.05, 4.69) is 18.7 Å². The highest BCUT2D eigenvalue weighted by Crippen LogP contribution is 2.47. The third-order valence-corrected chi connectivity index (χ3v) is 5.17. The summed E-state index contributed by atoms with van der Waals surface area (Å²) in [5.74, 6) is 0.202. The fraction of sp³-hybridized carbons (Fsp3) is 0.929. The van der Waals surface area contributed by atoms with Crippen LogP contribution in [0.3, 0.4) is 0 Å². The Morgan fingerprint density at radius 2 is 2.05 bits per heavy atom. The minimum atomic E-state index is -0.114. The van der Waals surface area contributed by atoms with Gasteiger partial charge in [-0.15, -0.1) is 0 Å². The van der Waals surface area contributed by atoms with Crippen LogP contribution >= 0.6 is 0 Å². The molecule has 19 heavy (non-hydrogen) atoms. The van der Waals surface area contributed by atoms with Crippen LogP contribution in [-0.2, 0) is 14.3 Å². The van der Waals surface area contributed by atoms with E-state index < -0.39 is 0 Å². The van der Waals surface area contributed by atoms with E-state index >= 15 is 0 Å². The van der Waals surface area contributed by atoms with Crippen LogP contribution < -0.4 is 5.73 Å². The van der Waals surface area contributed by atoms with Gasteiger partial charge in [-0.2, -0.15) is 0 Å². The Labute approximate surface area is 115 Å². The smallest absolute Gasteiger partial charge is 0.310 e. The van der Waals surface area contributed by atoms with Gasteiger partial charge in [-0.05, 0) is 19.8 Å². The van der Waals surface area contributed by atoms with E-state index in [1.165, 1.54) is 7.11 Å². The van der Waals surface area contributed by atoms with Crippen LogP contribution in [0.1, 0.15) is 20.8 Å². The third kappa shape index (κ3) is 2.39.